The molecule has 0 aromatic rings. The summed E-state index contributed by atoms with van der Waals surface area (Å²) in [5.41, 5.74) is 7.35. The van der Waals surface area contributed by atoms with Crippen LogP contribution in [-0.4, -0.2) is 6.04 Å². The summed E-state index contributed by atoms with van der Waals surface area (Å²) in [7, 11) is 0. The first-order valence-electron chi connectivity index (χ1n) is 12.7. The predicted molar refractivity (Wildman–Crippen MR) is 121 cm³/mol. The van der Waals surface area contributed by atoms with Gasteiger partial charge in [-0.2, -0.15) is 0 Å². The van der Waals surface area contributed by atoms with Crippen LogP contribution in [0.2, 0.25) is 0 Å². The van der Waals surface area contributed by atoms with Crippen molar-refractivity contribution in [3.63, 3.8) is 0 Å². The Balaban J connectivity index is 1.48. The van der Waals surface area contributed by atoms with Crippen LogP contribution in [0.3, 0.4) is 0 Å². The van der Waals surface area contributed by atoms with Gasteiger partial charge in [0.2, 0.25) is 0 Å². The molecule has 0 spiro atoms. The first-order valence-corrected chi connectivity index (χ1v) is 12.7. The number of fused-ring (bicyclic) bond motifs is 5. The van der Waals surface area contributed by atoms with Crippen molar-refractivity contribution in [2.45, 2.75) is 105 Å². The van der Waals surface area contributed by atoms with E-state index in [4.69, 9.17) is 5.73 Å². The zero-order chi connectivity index (χ0) is 20.1. The molecular weight excluding hydrogens is 338 g/mol. The lowest BCUT2D eigenvalue weighted by Gasteiger charge is -2.60. The maximum Gasteiger partial charge on any atom is 0.0226 e. The molecule has 4 aliphatic rings. The first kappa shape index (κ1) is 21.0. The molecule has 0 bridgehead atoms. The average molecular weight is 386 g/mol. The molecule has 0 saturated heterocycles. The molecule has 0 aliphatic heterocycles. The van der Waals surface area contributed by atoms with Crippen LogP contribution in [0.5, 0.6) is 0 Å². The van der Waals surface area contributed by atoms with Crippen molar-refractivity contribution in [2.75, 3.05) is 0 Å². The lowest BCUT2D eigenvalue weighted by Crippen LogP contribution is -2.53. The highest BCUT2D eigenvalue weighted by molar-refractivity contribution is 5.18. The van der Waals surface area contributed by atoms with Crippen molar-refractivity contribution in [1.82, 2.24) is 0 Å². The summed E-state index contributed by atoms with van der Waals surface area (Å²) in [6.07, 6.45) is 19.4. The number of allylic oxidation sites excluding steroid dienone is 1. The van der Waals surface area contributed by atoms with E-state index in [1.54, 1.807) is 0 Å². The fourth-order valence-corrected chi connectivity index (χ4v) is 8.86. The van der Waals surface area contributed by atoms with Gasteiger partial charge in [-0.05, 0) is 97.2 Å². The minimum absolute atomic E-state index is 0.311. The van der Waals surface area contributed by atoms with Crippen LogP contribution in [0.25, 0.3) is 0 Å². The van der Waals surface area contributed by atoms with E-state index in [1.165, 1.54) is 64.2 Å². The quantitative estimate of drug-likeness (QED) is 0.497. The summed E-state index contributed by atoms with van der Waals surface area (Å²) in [6.45, 7) is 12.7. The second-order valence-corrected chi connectivity index (χ2v) is 12.3. The molecule has 4 rings (SSSR count). The lowest BCUT2D eigenvalue weighted by molar-refractivity contribution is -0.0854. The Hall–Kier alpha value is -0.300. The van der Waals surface area contributed by atoms with Crippen molar-refractivity contribution in [3.8, 4) is 0 Å². The van der Waals surface area contributed by atoms with Crippen LogP contribution in [0.4, 0.5) is 0 Å². The highest BCUT2D eigenvalue weighted by atomic mass is 14.7. The van der Waals surface area contributed by atoms with Crippen LogP contribution in [0.1, 0.15) is 98.8 Å². The zero-order valence-corrected chi connectivity index (χ0v) is 19.4. The zero-order valence-electron chi connectivity index (χ0n) is 19.4. The van der Waals surface area contributed by atoms with Gasteiger partial charge >= 0.3 is 0 Å². The highest BCUT2D eigenvalue weighted by Crippen LogP contribution is 2.67. The molecule has 3 saturated carbocycles. The SMILES string of the molecule is CC(C)CCC[C@@H](C)[C@H]1CCC2[C@@H]3CCC4C[C@H](N)C=C[C@]4(C)C3CC[C@@]21C. The Kier molecular flexibility index (Phi) is 5.80. The molecule has 28 heavy (non-hydrogen) atoms. The largest absolute Gasteiger partial charge is 0.324 e. The summed E-state index contributed by atoms with van der Waals surface area (Å²) in [5.74, 6) is 6.49. The highest BCUT2D eigenvalue weighted by Gasteiger charge is 2.59. The lowest BCUT2D eigenvalue weighted by atomic mass is 9.45. The number of nitrogens with two attached hydrogens (primary N) is 1. The van der Waals surface area contributed by atoms with Crippen molar-refractivity contribution >= 4 is 0 Å². The van der Waals surface area contributed by atoms with Crippen molar-refractivity contribution in [2.24, 2.45) is 58.0 Å². The topological polar surface area (TPSA) is 26.0 Å². The van der Waals surface area contributed by atoms with Crippen LogP contribution in [0.15, 0.2) is 12.2 Å². The summed E-state index contributed by atoms with van der Waals surface area (Å²) in [4.78, 5) is 0. The van der Waals surface area contributed by atoms with Gasteiger partial charge < -0.3 is 5.73 Å². The summed E-state index contributed by atoms with van der Waals surface area (Å²) in [6, 6.07) is 0.311. The monoisotopic (exact) mass is 385 g/mol. The van der Waals surface area contributed by atoms with Crippen LogP contribution in [0, 0.1) is 52.3 Å². The van der Waals surface area contributed by atoms with Crippen molar-refractivity contribution < 1.29 is 0 Å². The molecule has 4 aliphatic carbocycles. The molecule has 0 amide bonds. The van der Waals surface area contributed by atoms with E-state index in [2.05, 4.69) is 46.8 Å². The van der Waals surface area contributed by atoms with Crippen LogP contribution < -0.4 is 5.73 Å². The van der Waals surface area contributed by atoms with E-state index >= 15 is 0 Å². The molecule has 1 heteroatoms. The number of hydrogen-bond acceptors (Lipinski definition) is 1. The molecule has 9 atom stereocenters. The second-order valence-electron chi connectivity index (χ2n) is 12.3. The molecule has 160 valence electrons. The molecule has 0 aromatic heterocycles. The smallest absolute Gasteiger partial charge is 0.0226 e. The van der Waals surface area contributed by atoms with Gasteiger partial charge in [0.05, 0.1) is 0 Å². The maximum atomic E-state index is 6.30. The van der Waals surface area contributed by atoms with Crippen molar-refractivity contribution in [1.29, 1.82) is 0 Å². The predicted octanol–water partition coefficient (Wildman–Crippen LogP) is 7.21. The molecule has 0 heterocycles. The minimum Gasteiger partial charge on any atom is -0.324 e. The van der Waals surface area contributed by atoms with Gasteiger partial charge in [-0.15, -0.1) is 0 Å². The van der Waals surface area contributed by atoms with Crippen LogP contribution in [-0.2, 0) is 0 Å². The molecule has 0 aromatic carbocycles. The third-order valence-corrected chi connectivity index (χ3v) is 10.4. The minimum atomic E-state index is 0.311. The Morgan fingerprint density at radius 3 is 2.50 bits per heavy atom. The fraction of sp³-hybridized carbons (Fsp3) is 0.926. The normalized spacial score (nSPS) is 48.8. The molecule has 3 fully saturated rings. The van der Waals surface area contributed by atoms with Crippen LogP contribution >= 0.6 is 0 Å². The van der Waals surface area contributed by atoms with Gasteiger partial charge in [-0.3, -0.25) is 0 Å². The van der Waals surface area contributed by atoms with Gasteiger partial charge in [0.25, 0.3) is 0 Å². The van der Waals surface area contributed by atoms with E-state index in [-0.39, 0.29) is 0 Å². The van der Waals surface area contributed by atoms with E-state index in [9.17, 15) is 0 Å². The van der Waals surface area contributed by atoms with E-state index < -0.39 is 0 Å². The van der Waals surface area contributed by atoms with E-state index in [0.29, 0.717) is 16.9 Å². The van der Waals surface area contributed by atoms with Gasteiger partial charge in [0.15, 0.2) is 0 Å². The average Bonchev–Trinajstić information content (AvgIpc) is 2.99. The van der Waals surface area contributed by atoms with E-state index in [1.807, 2.05) is 0 Å². The Labute approximate surface area is 175 Å². The second kappa shape index (κ2) is 7.75. The van der Waals surface area contributed by atoms with Gasteiger partial charge in [-0.1, -0.05) is 66.0 Å². The molecular formula is C27H47N. The first-order chi connectivity index (χ1) is 13.3. The fourth-order valence-electron chi connectivity index (χ4n) is 8.86. The van der Waals surface area contributed by atoms with Gasteiger partial charge in [-0.25, -0.2) is 0 Å². The molecule has 3 unspecified atom stereocenters. The standard InChI is InChI=1S/C27H47N/c1-18(2)7-6-8-19(3)23-11-12-24-22-10-9-20-17-21(28)13-15-26(20,4)25(22)14-16-27(23,24)5/h13,15,18-25H,6-12,14,16-17,28H2,1-5H3/t19-,20?,21-,22+,23-,24?,25?,26+,27-/m1/s1. The maximum absolute atomic E-state index is 6.30. The van der Waals surface area contributed by atoms with Crippen molar-refractivity contribution in [3.05, 3.63) is 12.2 Å². The number of hydrogen-bond donors (Lipinski definition) is 1. The summed E-state index contributed by atoms with van der Waals surface area (Å²) < 4.78 is 0. The Morgan fingerprint density at radius 1 is 0.964 bits per heavy atom. The summed E-state index contributed by atoms with van der Waals surface area (Å²) in [5, 5.41) is 0. The van der Waals surface area contributed by atoms with E-state index in [0.717, 1.165) is 41.4 Å². The molecule has 1 nitrogen and oxygen atoms in total. The third-order valence-electron chi connectivity index (χ3n) is 10.4. The van der Waals surface area contributed by atoms with Gasteiger partial charge in [0.1, 0.15) is 0 Å². The third kappa shape index (κ3) is 3.42. The van der Waals surface area contributed by atoms with Gasteiger partial charge in [0, 0.05) is 6.04 Å². The molecule has 0 radical (unpaired) electrons. The molecule has 2 N–H and O–H groups in total. The Morgan fingerprint density at radius 2 is 1.75 bits per heavy atom. The summed E-state index contributed by atoms with van der Waals surface area (Å²) >= 11 is 0. The Bertz CT molecular complexity index is 579. The number of rotatable bonds is 5.